The maximum Gasteiger partial charge on any atom is 0.261 e. The third-order valence-electron chi connectivity index (χ3n) is 5.42. The van der Waals surface area contributed by atoms with Crippen molar-refractivity contribution >= 4 is 17.7 Å². The number of nitrogens with one attached hydrogen (secondary N) is 1. The van der Waals surface area contributed by atoms with Gasteiger partial charge in [-0.1, -0.05) is 13.8 Å². The van der Waals surface area contributed by atoms with E-state index in [4.69, 9.17) is 5.73 Å². The van der Waals surface area contributed by atoms with Gasteiger partial charge in [0.15, 0.2) is 0 Å². The maximum absolute atomic E-state index is 12.8. The van der Waals surface area contributed by atoms with Crippen LogP contribution in [0.15, 0.2) is 42.7 Å². The summed E-state index contributed by atoms with van der Waals surface area (Å²) in [5, 5.41) is 2.95. The highest BCUT2D eigenvalue weighted by Crippen LogP contribution is 2.26. The van der Waals surface area contributed by atoms with Crippen molar-refractivity contribution in [2.24, 2.45) is 11.7 Å². The van der Waals surface area contributed by atoms with Crippen molar-refractivity contribution in [1.82, 2.24) is 15.2 Å². The van der Waals surface area contributed by atoms with Gasteiger partial charge in [0.05, 0.1) is 23.2 Å². The maximum atomic E-state index is 12.8. The Morgan fingerprint density at radius 2 is 1.79 bits per heavy atom. The number of hydrogen-bond donors (Lipinski definition) is 2. The molecular weight excluding hydrogens is 356 g/mol. The minimum atomic E-state index is -0.566. The Morgan fingerprint density at radius 3 is 2.39 bits per heavy atom. The standard InChI is InChI=1S/C21H24N4O3/c1-13(2)21(3,12-22)24-18(26)15-4-5-16-17(10-15)20(28)25(19(16)27)11-14-6-8-23-9-7-14/h4-10,13H,11-12,22H2,1-3H3,(H,24,26). The van der Waals surface area contributed by atoms with E-state index in [1.54, 1.807) is 30.6 Å². The van der Waals surface area contributed by atoms with Gasteiger partial charge in [-0.15, -0.1) is 0 Å². The van der Waals surface area contributed by atoms with Crippen LogP contribution in [-0.2, 0) is 6.54 Å². The van der Waals surface area contributed by atoms with Crippen LogP contribution in [0.4, 0.5) is 0 Å². The van der Waals surface area contributed by atoms with Gasteiger partial charge in [0.25, 0.3) is 17.7 Å². The van der Waals surface area contributed by atoms with E-state index in [2.05, 4.69) is 10.3 Å². The minimum Gasteiger partial charge on any atom is -0.345 e. The number of nitrogens with zero attached hydrogens (tertiary/aromatic N) is 2. The molecule has 7 nitrogen and oxygen atoms in total. The van der Waals surface area contributed by atoms with Crippen molar-refractivity contribution in [2.75, 3.05) is 6.54 Å². The fourth-order valence-electron chi connectivity index (χ4n) is 3.01. The van der Waals surface area contributed by atoms with Gasteiger partial charge in [0, 0.05) is 24.5 Å². The third kappa shape index (κ3) is 3.53. The molecule has 1 aliphatic rings. The molecule has 0 radical (unpaired) electrons. The first-order valence-electron chi connectivity index (χ1n) is 9.18. The Labute approximate surface area is 163 Å². The summed E-state index contributed by atoms with van der Waals surface area (Å²) >= 11 is 0. The van der Waals surface area contributed by atoms with Gasteiger partial charge in [0.2, 0.25) is 0 Å². The quantitative estimate of drug-likeness (QED) is 0.746. The summed E-state index contributed by atoms with van der Waals surface area (Å²) in [6.45, 7) is 6.30. The zero-order valence-corrected chi connectivity index (χ0v) is 16.2. The molecule has 3 amide bonds. The summed E-state index contributed by atoms with van der Waals surface area (Å²) in [7, 11) is 0. The van der Waals surface area contributed by atoms with Gasteiger partial charge in [-0.25, -0.2) is 0 Å². The monoisotopic (exact) mass is 380 g/mol. The molecule has 0 saturated carbocycles. The van der Waals surface area contributed by atoms with E-state index >= 15 is 0 Å². The molecule has 146 valence electrons. The van der Waals surface area contributed by atoms with Crippen LogP contribution in [0.25, 0.3) is 0 Å². The zero-order chi connectivity index (χ0) is 20.5. The molecule has 3 rings (SSSR count). The predicted molar refractivity (Wildman–Crippen MR) is 105 cm³/mol. The van der Waals surface area contributed by atoms with E-state index in [1.165, 1.54) is 17.0 Å². The molecule has 1 aromatic carbocycles. The average Bonchev–Trinajstić information content (AvgIpc) is 2.93. The Morgan fingerprint density at radius 1 is 1.14 bits per heavy atom. The molecule has 2 heterocycles. The fraction of sp³-hybridized carbons (Fsp3) is 0.333. The summed E-state index contributed by atoms with van der Waals surface area (Å²) in [6, 6.07) is 8.08. The number of nitrogens with two attached hydrogens (primary N) is 1. The number of aromatic nitrogens is 1. The van der Waals surface area contributed by atoms with Crippen molar-refractivity contribution < 1.29 is 14.4 Å². The zero-order valence-electron chi connectivity index (χ0n) is 16.2. The van der Waals surface area contributed by atoms with Gasteiger partial charge in [0.1, 0.15) is 0 Å². The molecule has 0 fully saturated rings. The molecule has 0 bridgehead atoms. The van der Waals surface area contributed by atoms with Crippen molar-refractivity contribution in [3.63, 3.8) is 0 Å². The summed E-state index contributed by atoms with van der Waals surface area (Å²) < 4.78 is 0. The van der Waals surface area contributed by atoms with Gasteiger partial charge in [-0.05, 0) is 48.7 Å². The molecule has 1 unspecified atom stereocenters. The number of fused-ring (bicyclic) bond motifs is 1. The first-order valence-corrected chi connectivity index (χ1v) is 9.18. The van der Waals surface area contributed by atoms with Gasteiger partial charge in [-0.2, -0.15) is 0 Å². The molecule has 0 aliphatic carbocycles. The first-order chi connectivity index (χ1) is 13.3. The number of benzene rings is 1. The second-order valence-corrected chi connectivity index (χ2v) is 7.54. The van der Waals surface area contributed by atoms with Gasteiger partial charge in [-0.3, -0.25) is 24.3 Å². The molecule has 1 aliphatic heterocycles. The molecule has 3 N–H and O–H groups in total. The molecule has 7 heteroatoms. The van der Waals surface area contributed by atoms with E-state index in [9.17, 15) is 14.4 Å². The highest BCUT2D eigenvalue weighted by molar-refractivity contribution is 6.22. The normalized spacial score (nSPS) is 15.5. The summed E-state index contributed by atoms with van der Waals surface area (Å²) in [5.74, 6) is -0.957. The second kappa shape index (κ2) is 7.52. The van der Waals surface area contributed by atoms with E-state index < -0.39 is 11.4 Å². The lowest BCUT2D eigenvalue weighted by molar-refractivity contribution is 0.0642. The minimum absolute atomic E-state index is 0.134. The number of hydrogen-bond acceptors (Lipinski definition) is 5. The highest BCUT2D eigenvalue weighted by atomic mass is 16.2. The molecular formula is C21H24N4O3. The SMILES string of the molecule is CC(C)C(C)(CN)NC(=O)c1ccc2c(c1)C(=O)N(Cc1ccncc1)C2=O. The topological polar surface area (TPSA) is 105 Å². The van der Waals surface area contributed by atoms with Crippen LogP contribution < -0.4 is 11.1 Å². The summed E-state index contributed by atoms with van der Waals surface area (Å²) in [4.78, 5) is 43.2. The fourth-order valence-corrected chi connectivity index (χ4v) is 3.01. The van der Waals surface area contributed by atoms with Gasteiger partial charge >= 0.3 is 0 Å². The lowest BCUT2D eigenvalue weighted by Crippen LogP contribution is -2.55. The Bertz CT molecular complexity index is 927. The van der Waals surface area contributed by atoms with Crippen LogP contribution in [-0.4, -0.2) is 39.7 Å². The van der Waals surface area contributed by atoms with E-state index in [1.807, 2.05) is 20.8 Å². The average molecular weight is 380 g/mol. The number of amides is 3. The third-order valence-corrected chi connectivity index (χ3v) is 5.42. The van der Waals surface area contributed by atoms with Crippen LogP contribution >= 0.6 is 0 Å². The summed E-state index contributed by atoms with van der Waals surface area (Å²) in [5.41, 5.74) is 6.94. The van der Waals surface area contributed by atoms with Crippen LogP contribution in [0.5, 0.6) is 0 Å². The smallest absolute Gasteiger partial charge is 0.261 e. The van der Waals surface area contributed by atoms with Crippen molar-refractivity contribution in [3.8, 4) is 0 Å². The largest absolute Gasteiger partial charge is 0.345 e. The van der Waals surface area contributed by atoms with Crippen molar-refractivity contribution in [3.05, 3.63) is 65.0 Å². The summed E-state index contributed by atoms with van der Waals surface area (Å²) in [6.07, 6.45) is 3.22. The lowest BCUT2D eigenvalue weighted by atomic mass is 9.88. The predicted octanol–water partition coefficient (Wildman–Crippen LogP) is 1.98. The Balaban J connectivity index is 1.84. The number of imide groups is 1. The lowest BCUT2D eigenvalue weighted by Gasteiger charge is -2.33. The van der Waals surface area contributed by atoms with Crippen LogP contribution in [0, 0.1) is 5.92 Å². The number of carbonyl (C=O) groups is 3. The van der Waals surface area contributed by atoms with Crippen LogP contribution in [0.2, 0.25) is 0 Å². The molecule has 0 saturated heterocycles. The van der Waals surface area contributed by atoms with Crippen LogP contribution in [0.3, 0.4) is 0 Å². The molecule has 0 spiro atoms. The molecule has 28 heavy (non-hydrogen) atoms. The second-order valence-electron chi connectivity index (χ2n) is 7.54. The molecule has 1 aromatic heterocycles. The molecule has 2 aromatic rings. The van der Waals surface area contributed by atoms with Gasteiger partial charge < -0.3 is 11.1 Å². The number of carbonyl (C=O) groups excluding carboxylic acids is 3. The molecule has 1 atom stereocenters. The van der Waals surface area contributed by atoms with E-state index in [-0.39, 0.29) is 29.8 Å². The van der Waals surface area contributed by atoms with Crippen molar-refractivity contribution in [1.29, 1.82) is 0 Å². The number of rotatable bonds is 6. The first kappa shape index (κ1) is 19.7. The highest BCUT2D eigenvalue weighted by Gasteiger charge is 2.36. The van der Waals surface area contributed by atoms with E-state index in [0.29, 0.717) is 17.7 Å². The number of pyridine rings is 1. The Kier molecular flexibility index (Phi) is 5.29. The van der Waals surface area contributed by atoms with E-state index in [0.717, 1.165) is 5.56 Å². The van der Waals surface area contributed by atoms with Crippen molar-refractivity contribution in [2.45, 2.75) is 32.9 Å². The van der Waals surface area contributed by atoms with Crippen LogP contribution in [0.1, 0.15) is 57.4 Å². The Hall–Kier alpha value is -3.06.